The zero-order valence-electron chi connectivity index (χ0n) is 14.8. The minimum absolute atomic E-state index is 0.0167. The lowest BCUT2D eigenvalue weighted by Crippen LogP contribution is -2.29. The van der Waals surface area contributed by atoms with Gasteiger partial charge in [0.1, 0.15) is 10.5 Å². The molecule has 3 nitrogen and oxygen atoms in total. The second-order valence-corrected chi connectivity index (χ2v) is 7.77. The summed E-state index contributed by atoms with van der Waals surface area (Å²) in [6.45, 7) is 1.76. The van der Waals surface area contributed by atoms with Crippen molar-refractivity contribution in [1.82, 2.24) is 9.88 Å². The number of fused-ring (bicyclic) bond motifs is 2. The van der Waals surface area contributed by atoms with Gasteiger partial charge in [0.15, 0.2) is 0 Å². The SMILES string of the molecule is Cc1c(C(=O)N(C)C2CCc3ccccc32)sc2nc(C(F)(F)F)ccc12. The molecule has 0 saturated carbocycles. The Morgan fingerprint density at radius 1 is 1.22 bits per heavy atom. The van der Waals surface area contributed by atoms with Gasteiger partial charge in [-0.15, -0.1) is 11.3 Å². The average Bonchev–Trinajstić information content (AvgIpc) is 3.21. The lowest BCUT2D eigenvalue weighted by atomic mass is 10.1. The van der Waals surface area contributed by atoms with E-state index in [1.165, 1.54) is 11.6 Å². The monoisotopic (exact) mass is 390 g/mol. The van der Waals surface area contributed by atoms with Gasteiger partial charge in [-0.2, -0.15) is 13.2 Å². The fraction of sp³-hybridized carbons (Fsp3) is 0.300. The molecular formula is C20H17F3N2OS. The molecule has 1 aromatic carbocycles. The molecule has 1 amide bonds. The predicted octanol–water partition coefficient (Wildman–Crippen LogP) is 5.38. The molecule has 3 aromatic rings. The number of nitrogens with zero attached hydrogens (tertiary/aromatic N) is 2. The van der Waals surface area contributed by atoms with E-state index in [2.05, 4.69) is 11.1 Å². The number of halogens is 3. The first-order valence-corrected chi connectivity index (χ1v) is 9.41. The van der Waals surface area contributed by atoms with Crippen LogP contribution in [0.25, 0.3) is 10.2 Å². The van der Waals surface area contributed by atoms with E-state index in [1.807, 2.05) is 18.2 Å². The molecular weight excluding hydrogens is 373 g/mol. The molecule has 0 spiro atoms. The zero-order valence-corrected chi connectivity index (χ0v) is 15.6. The first kappa shape index (κ1) is 18.0. The van der Waals surface area contributed by atoms with Gasteiger partial charge in [-0.1, -0.05) is 24.3 Å². The highest BCUT2D eigenvalue weighted by Crippen LogP contribution is 2.38. The van der Waals surface area contributed by atoms with E-state index in [1.54, 1.807) is 18.9 Å². The number of benzene rings is 1. The molecule has 0 aliphatic heterocycles. The van der Waals surface area contributed by atoms with Gasteiger partial charge in [0.2, 0.25) is 0 Å². The van der Waals surface area contributed by atoms with E-state index in [4.69, 9.17) is 0 Å². The number of aromatic nitrogens is 1. The van der Waals surface area contributed by atoms with Crippen molar-refractivity contribution in [1.29, 1.82) is 0 Å². The van der Waals surface area contributed by atoms with Crippen molar-refractivity contribution < 1.29 is 18.0 Å². The first-order chi connectivity index (χ1) is 12.8. The number of amides is 1. The van der Waals surface area contributed by atoms with Crippen molar-refractivity contribution in [2.75, 3.05) is 7.05 Å². The molecule has 0 radical (unpaired) electrons. The Hall–Kier alpha value is -2.41. The summed E-state index contributed by atoms with van der Waals surface area (Å²) in [6.07, 6.45) is -2.73. The summed E-state index contributed by atoms with van der Waals surface area (Å²) in [5.41, 5.74) is 2.13. The normalized spacial score (nSPS) is 16.6. The Morgan fingerprint density at radius 3 is 2.70 bits per heavy atom. The molecule has 1 aliphatic carbocycles. The maximum absolute atomic E-state index is 13.1. The maximum atomic E-state index is 13.1. The molecule has 1 atom stereocenters. The van der Waals surface area contributed by atoms with Crippen LogP contribution in [0.4, 0.5) is 13.2 Å². The van der Waals surface area contributed by atoms with Crippen LogP contribution in [-0.4, -0.2) is 22.8 Å². The van der Waals surface area contributed by atoms with E-state index >= 15 is 0 Å². The quantitative estimate of drug-likeness (QED) is 0.588. The van der Waals surface area contributed by atoms with E-state index in [0.717, 1.165) is 35.8 Å². The minimum atomic E-state index is -4.50. The van der Waals surface area contributed by atoms with Crippen molar-refractivity contribution in [3.05, 3.63) is 63.7 Å². The van der Waals surface area contributed by atoms with Crippen LogP contribution in [0.1, 0.15) is 44.5 Å². The molecule has 1 unspecified atom stereocenters. The number of alkyl halides is 3. The molecule has 140 valence electrons. The molecule has 27 heavy (non-hydrogen) atoms. The van der Waals surface area contributed by atoms with Gasteiger partial charge in [0.25, 0.3) is 5.91 Å². The fourth-order valence-electron chi connectivity index (χ4n) is 3.70. The summed E-state index contributed by atoms with van der Waals surface area (Å²) in [4.78, 5) is 19.2. The van der Waals surface area contributed by atoms with Crippen LogP contribution in [-0.2, 0) is 12.6 Å². The van der Waals surface area contributed by atoms with Crippen LogP contribution in [0, 0.1) is 6.92 Å². The van der Waals surface area contributed by atoms with Gasteiger partial charge in [0, 0.05) is 12.4 Å². The van der Waals surface area contributed by atoms with Gasteiger partial charge in [-0.05, 0) is 48.6 Å². The first-order valence-electron chi connectivity index (χ1n) is 8.59. The summed E-state index contributed by atoms with van der Waals surface area (Å²) >= 11 is 1.03. The van der Waals surface area contributed by atoms with Crippen molar-refractivity contribution in [3.8, 4) is 0 Å². The Morgan fingerprint density at radius 2 is 1.96 bits per heavy atom. The number of hydrogen-bond donors (Lipinski definition) is 0. The maximum Gasteiger partial charge on any atom is 0.433 e. The molecule has 0 bridgehead atoms. The van der Waals surface area contributed by atoms with Crippen LogP contribution >= 0.6 is 11.3 Å². The smallest absolute Gasteiger partial charge is 0.334 e. The number of thiophene rings is 1. The highest BCUT2D eigenvalue weighted by Gasteiger charge is 2.34. The molecule has 4 rings (SSSR count). The van der Waals surface area contributed by atoms with E-state index in [0.29, 0.717) is 15.8 Å². The zero-order chi connectivity index (χ0) is 19.3. The Balaban J connectivity index is 1.70. The van der Waals surface area contributed by atoms with Crippen molar-refractivity contribution in [2.24, 2.45) is 0 Å². The van der Waals surface area contributed by atoms with Crippen LogP contribution in [0.5, 0.6) is 0 Å². The lowest BCUT2D eigenvalue weighted by Gasteiger charge is -2.25. The van der Waals surface area contributed by atoms with Crippen molar-refractivity contribution in [3.63, 3.8) is 0 Å². The number of hydrogen-bond acceptors (Lipinski definition) is 3. The summed E-state index contributed by atoms with van der Waals surface area (Å²) in [7, 11) is 1.76. The van der Waals surface area contributed by atoms with Gasteiger partial charge in [-0.3, -0.25) is 4.79 Å². The Labute approximate surface area is 158 Å². The molecule has 2 aromatic heterocycles. The summed E-state index contributed by atoms with van der Waals surface area (Å²) in [5.74, 6) is -0.175. The second-order valence-electron chi connectivity index (χ2n) is 6.77. The number of pyridine rings is 1. The van der Waals surface area contributed by atoms with Gasteiger partial charge in [0.05, 0.1) is 10.9 Å². The van der Waals surface area contributed by atoms with Crippen LogP contribution < -0.4 is 0 Å². The molecule has 0 N–H and O–H groups in total. The van der Waals surface area contributed by atoms with Crippen molar-refractivity contribution in [2.45, 2.75) is 32.0 Å². The van der Waals surface area contributed by atoms with E-state index in [9.17, 15) is 18.0 Å². The Bertz CT molecular complexity index is 1040. The molecule has 0 fully saturated rings. The van der Waals surface area contributed by atoms with E-state index < -0.39 is 11.9 Å². The second kappa shape index (κ2) is 6.34. The van der Waals surface area contributed by atoms with Crippen LogP contribution in [0.2, 0.25) is 0 Å². The van der Waals surface area contributed by atoms with Gasteiger partial charge >= 0.3 is 6.18 Å². The number of rotatable bonds is 2. The highest BCUT2D eigenvalue weighted by atomic mass is 32.1. The summed E-state index contributed by atoms with van der Waals surface area (Å²) in [5, 5.41) is 0.594. The van der Waals surface area contributed by atoms with Crippen LogP contribution in [0.15, 0.2) is 36.4 Å². The lowest BCUT2D eigenvalue weighted by molar-refractivity contribution is -0.140. The molecule has 0 saturated heterocycles. The predicted molar refractivity (Wildman–Crippen MR) is 99.0 cm³/mol. The van der Waals surface area contributed by atoms with Crippen LogP contribution in [0.3, 0.4) is 0 Å². The number of carbonyl (C=O) groups excluding carboxylic acids is 1. The molecule has 2 heterocycles. The summed E-state index contributed by atoms with van der Waals surface area (Å²) < 4.78 is 38.8. The van der Waals surface area contributed by atoms with Crippen molar-refractivity contribution >= 4 is 27.5 Å². The average molecular weight is 390 g/mol. The standard InChI is InChI=1S/C20H17F3N2OS/c1-11-13-8-10-16(20(21,22)23)24-18(13)27-17(11)19(26)25(2)15-9-7-12-5-3-4-6-14(12)15/h3-6,8,10,15H,7,9H2,1-2H3. The Kier molecular flexibility index (Phi) is 4.22. The molecule has 7 heteroatoms. The largest absolute Gasteiger partial charge is 0.433 e. The molecule has 1 aliphatic rings. The highest BCUT2D eigenvalue weighted by molar-refractivity contribution is 7.20. The van der Waals surface area contributed by atoms with Gasteiger partial charge < -0.3 is 4.90 Å². The van der Waals surface area contributed by atoms with Gasteiger partial charge in [-0.25, -0.2) is 4.98 Å². The third-order valence-corrected chi connectivity index (χ3v) is 6.37. The number of carbonyl (C=O) groups is 1. The minimum Gasteiger partial charge on any atom is -0.334 e. The summed E-state index contributed by atoms with van der Waals surface area (Å²) in [6, 6.07) is 10.4. The number of aryl methyl sites for hydroxylation is 2. The third-order valence-electron chi connectivity index (χ3n) is 5.18. The fourth-order valence-corrected chi connectivity index (χ4v) is 4.86. The van der Waals surface area contributed by atoms with E-state index in [-0.39, 0.29) is 16.8 Å². The third kappa shape index (κ3) is 3.00. The topological polar surface area (TPSA) is 33.2 Å².